The molecule has 0 N–H and O–H groups in total. The summed E-state index contributed by atoms with van der Waals surface area (Å²) in [6, 6.07) is 6.74. The number of nitro groups is 1. The second-order valence-electron chi connectivity index (χ2n) is 5.56. The average molecular weight is 305 g/mol. The Bertz CT molecular complexity index is 564. The Labute approximate surface area is 128 Å². The number of anilines is 1. The molecule has 1 atom stereocenters. The quantitative estimate of drug-likeness (QED) is 0.623. The number of para-hydroxylation sites is 2. The molecule has 7 nitrogen and oxygen atoms in total. The third-order valence-electron chi connectivity index (χ3n) is 4.22. The molecule has 0 unspecified atom stereocenters. The first-order chi connectivity index (χ1) is 10.7. The number of nitro benzene ring substituents is 1. The van der Waals surface area contributed by atoms with E-state index in [-0.39, 0.29) is 22.6 Å². The van der Waals surface area contributed by atoms with Crippen molar-refractivity contribution in [3.8, 4) is 0 Å². The lowest BCUT2D eigenvalue weighted by Gasteiger charge is -2.36. The zero-order valence-corrected chi connectivity index (χ0v) is 12.3. The number of carbonyl (C=O) groups is 1. The van der Waals surface area contributed by atoms with Crippen LogP contribution >= 0.6 is 0 Å². The molecule has 2 heterocycles. The molecule has 0 radical (unpaired) electrons. The standard InChI is InChI=1S/C15H19N3O4/c19-15(14-6-3-11-22-14)17-9-7-16(8-10-17)12-4-1-2-5-13(12)18(20)21/h1-2,4-5,14H,3,6-11H2/t14-/m0/s1. The molecule has 22 heavy (non-hydrogen) atoms. The molecule has 0 bridgehead atoms. The van der Waals surface area contributed by atoms with Crippen molar-refractivity contribution >= 4 is 17.3 Å². The van der Waals surface area contributed by atoms with Gasteiger partial charge in [0.25, 0.3) is 11.6 Å². The summed E-state index contributed by atoms with van der Waals surface area (Å²) in [4.78, 5) is 26.8. The molecular formula is C15H19N3O4. The van der Waals surface area contributed by atoms with Crippen LogP contribution in [0.25, 0.3) is 0 Å². The molecular weight excluding hydrogens is 286 g/mol. The van der Waals surface area contributed by atoms with Gasteiger partial charge in [0.15, 0.2) is 0 Å². The van der Waals surface area contributed by atoms with Crippen LogP contribution in [0.4, 0.5) is 11.4 Å². The Hall–Kier alpha value is -2.15. The normalized spacial score (nSPS) is 21.9. The van der Waals surface area contributed by atoms with Crippen LogP contribution in [-0.2, 0) is 9.53 Å². The maximum absolute atomic E-state index is 12.3. The number of nitrogens with zero attached hydrogens (tertiary/aromatic N) is 3. The van der Waals surface area contributed by atoms with Gasteiger partial charge in [0.1, 0.15) is 11.8 Å². The van der Waals surface area contributed by atoms with Gasteiger partial charge in [-0.15, -0.1) is 0 Å². The lowest BCUT2D eigenvalue weighted by atomic mass is 10.2. The summed E-state index contributed by atoms with van der Waals surface area (Å²) in [6.45, 7) is 3.01. The average Bonchev–Trinajstić information content (AvgIpc) is 3.09. The van der Waals surface area contributed by atoms with Gasteiger partial charge >= 0.3 is 0 Å². The van der Waals surface area contributed by atoms with E-state index in [1.165, 1.54) is 6.07 Å². The van der Waals surface area contributed by atoms with E-state index in [9.17, 15) is 14.9 Å². The fourth-order valence-corrected chi connectivity index (χ4v) is 3.03. The van der Waals surface area contributed by atoms with E-state index < -0.39 is 0 Å². The van der Waals surface area contributed by atoms with Crippen molar-refractivity contribution in [1.29, 1.82) is 0 Å². The zero-order chi connectivity index (χ0) is 15.5. The van der Waals surface area contributed by atoms with Gasteiger partial charge in [-0.2, -0.15) is 0 Å². The summed E-state index contributed by atoms with van der Waals surface area (Å²) in [5.74, 6) is 0.0553. The Kier molecular flexibility index (Phi) is 4.24. The third kappa shape index (κ3) is 2.89. The molecule has 1 aromatic rings. The minimum atomic E-state index is -0.362. The van der Waals surface area contributed by atoms with Gasteiger partial charge in [0.05, 0.1) is 4.92 Å². The summed E-state index contributed by atoms with van der Waals surface area (Å²) >= 11 is 0. The van der Waals surface area contributed by atoms with Crippen molar-refractivity contribution in [2.75, 3.05) is 37.7 Å². The summed E-state index contributed by atoms with van der Waals surface area (Å²) in [6.07, 6.45) is 1.44. The third-order valence-corrected chi connectivity index (χ3v) is 4.22. The molecule has 0 saturated carbocycles. The van der Waals surface area contributed by atoms with E-state index >= 15 is 0 Å². The molecule has 1 amide bonds. The van der Waals surface area contributed by atoms with Gasteiger partial charge < -0.3 is 14.5 Å². The van der Waals surface area contributed by atoms with Crippen LogP contribution in [0.2, 0.25) is 0 Å². The fraction of sp³-hybridized carbons (Fsp3) is 0.533. The molecule has 2 aliphatic rings. The first kappa shape index (κ1) is 14.8. The van der Waals surface area contributed by atoms with Gasteiger partial charge in [-0.05, 0) is 18.9 Å². The van der Waals surface area contributed by atoms with Crippen molar-refractivity contribution in [1.82, 2.24) is 4.90 Å². The second kappa shape index (κ2) is 6.31. The largest absolute Gasteiger partial charge is 0.368 e. The maximum Gasteiger partial charge on any atom is 0.292 e. The van der Waals surface area contributed by atoms with Crippen LogP contribution in [-0.4, -0.2) is 54.6 Å². The first-order valence-electron chi connectivity index (χ1n) is 7.55. The molecule has 0 aliphatic carbocycles. The van der Waals surface area contributed by atoms with E-state index in [2.05, 4.69) is 0 Å². The predicted molar refractivity (Wildman–Crippen MR) is 80.9 cm³/mol. The molecule has 2 fully saturated rings. The lowest BCUT2D eigenvalue weighted by Crippen LogP contribution is -2.51. The smallest absolute Gasteiger partial charge is 0.292 e. The second-order valence-corrected chi connectivity index (χ2v) is 5.56. The number of piperazine rings is 1. The van der Waals surface area contributed by atoms with Crippen molar-refractivity contribution in [3.05, 3.63) is 34.4 Å². The van der Waals surface area contributed by atoms with Crippen molar-refractivity contribution in [3.63, 3.8) is 0 Å². The summed E-state index contributed by atoms with van der Waals surface area (Å²) in [5.41, 5.74) is 0.734. The molecule has 0 spiro atoms. The highest BCUT2D eigenvalue weighted by Gasteiger charge is 2.31. The summed E-state index contributed by atoms with van der Waals surface area (Å²) in [7, 11) is 0. The maximum atomic E-state index is 12.3. The van der Waals surface area contributed by atoms with Gasteiger partial charge in [-0.1, -0.05) is 12.1 Å². The molecule has 2 aliphatic heterocycles. The van der Waals surface area contributed by atoms with Crippen LogP contribution in [0.3, 0.4) is 0 Å². The molecule has 2 saturated heterocycles. The van der Waals surface area contributed by atoms with Crippen LogP contribution < -0.4 is 4.90 Å². The number of rotatable bonds is 3. The topological polar surface area (TPSA) is 75.9 Å². The minimum absolute atomic E-state index is 0.0553. The molecule has 3 rings (SSSR count). The monoisotopic (exact) mass is 305 g/mol. The zero-order valence-electron chi connectivity index (χ0n) is 12.3. The van der Waals surface area contributed by atoms with E-state index in [0.717, 1.165) is 12.8 Å². The van der Waals surface area contributed by atoms with Gasteiger partial charge in [0, 0.05) is 38.9 Å². The van der Waals surface area contributed by atoms with Crippen molar-refractivity contribution in [2.45, 2.75) is 18.9 Å². The van der Waals surface area contributed by atoms with Crippen LogP contribution in [0.5, 0.6) is 0 Å². The van der Waals surface area contributed by atoms with Crippen LogP contribution in [0.1, 0.15) is 12.8 Å². The van der Waals surface area contributed by atoms with Gasteiger partial charge in [0.2, 0.25) is 0 Å². The number of carbonyl (C=O) groups excluding carboxylic acids is 1. The van der Waals surface area contributed by atoms with Gasteiger partial charge in [-0.3, -0.25) is 14.9 Å². The SMILES string of the molecule is O=C([C@@H]1CCCO1)N1CCN(c2ccccc2[N+](=O)[O-])CC1. The number of hydrogen-bond donors (Lipinski definition) is 0. The Morgan fingerprint density at radius 1 is 1.23 bits per heavy atom. The number of amides is 1. The highest BCUT2D eigenvalue weighted by Crippen LogP contribution is 2.28. The molecule has 118 valence electrons. The predicted octanol–water partition coefficient (Wildman–Crippen LogP) is 1.42. The molecule has 7 heteroatoms. The summed E-state index contributed by atoms with van der Waals surface area (Å²) in [5, 5.41) is 11.1. The Morgan fingerprint density at radius 2 is 1.95 bits per heavy atom. The van der Waals surface area contributed by atoms with E-state index in [0.29, 0.717) is 38.5 Å². The highest BCUT2D eigenvalue weighted by atomic mass is 16.6. The fourth-order valence-electron chi connectivity index (χ4n) is 3.03. The van der Waals surface area contributed by atoms with Crippen molar-refractivity contribution < 1.29 is 14.5 Å². The van der Waals surface area contributed by atoms with E-state index in [4.69, 9.17) is 4.74 Å². The minimum Gasteiger partial charge on any atom is -0.368 e. The molecule has 1 aromatic carbocycles. The number of benzene rings is 1. The Balaban J connectivity index is 1.64. The lowest BCUT2D eigenvalue weighted by molar-refractivity contribution is -0.384. The Morgan fingerprint density at radius 3 is 2.59 bits per heavy atom. The van der Waals surface area contributed by atoms with Crippen LogP contribution in [0, 0.1) is 10.1 Å². The first-order valence-corrected chi connectivity index (χ1v) is 7.55. The highest BCUT2D eigenvalue weighted by molar-refractivity contribution is 5.81. The van der Waals surface area contributed by atoms with Crippen LogP contribution in [0.15, 0.2) is 24.3 Å². The van der Waals surface area contributed by atoms with Gasteiger partial charge in [-0.25, -0.2) is 0 Å². The van der Waals surface area contributed by atoms with Crippen molar-refractivity contribution in [2.24, 2.45) is 0 Å². The summed E-state index contributed by atoms with van der Waals surface area (Å²) < 4.78 is 5.44. The van der Waals surface area contributed by atoms with E-state index in [1.54, 1.807) is 23.1 Å². The van der Waals surface area contributed by atoms with E-state index in [1.807, 2.05) is 4.90 Å². The molecule has 0 aromatic heterocycles. The number of ether oxygens (including phenoxy) is 1. The number of hydrogen-bond acceptors (Lipinski definition) is 5.